The molecular weight excluding hydrogens is 453 g/mol. The highest BCUT2D eigenvalue weighted by atomic mass is 35.5. The van der Waals surface area contributed by atoms with Crippen LogP contribution in [-0.2, 0) is 15.8 Å². The molecule has 1 aromatic rings. The minimum atomic E-state index is -4.61. The van der Waals surface area contributed by atoms with Gasteiger partial charge >= 0.3 is 18.0 Å². The van der Waals surface area contributed by atoms with E-state index >= 15 is 0 Å². The summed E-state index contributed by atoms with van der Waals surface area (Å²) in [6.07, 6.45) is 2.35. The Morgan fingerprint density at radius 1 is 1.00 bits per heavy atom. The summed E-state index contributed by atoms with van der Waals surface area (Å²) in [6.45, 7) is 0. The van der Waals surface area contributed by atoms with Crippen LogP contribution in [0, 0.1) is 17.8 Å². The Balaban J connectivity index is 1.30. The Morgan fingerprint density at radius 2 is 1.58 bits per heavy atom. The number of hydrogen-bond donors (Lipinski definition) is 4. The standard InChI is InChI=1S/C20H22ClF3N4O2S/c21-14-2-1-13(20(22,23)24)6-15(14)25-16(29)17(30)27-28-18(31)26-19-7-10-3-11(8-19)5-12(4-10)9-19/h1-2,6,10-12H,3-5,7-9H2,(H,25,29)(H,27,30)(H2,26,28,31). The SMILES string of the molecule is O=C(NNC(=S)NC12CC3CC(CC(C3)C1)C2)C(=O)Nc1cc(C(F)(F)F)ccc1Cl. The highest BCUT2D eigenvalue weighted by molar-refractivity contribution is 7.80. The molecule has 0 aliphatic heterocycles. The second-order valence-corrected chi connectivity index (χ2v) is 9.69. The topological polar surface area (TPSA) is 82.3 Å². The number of alkyl halides is 3. The normalized spacial score (nSPS) is 28.7. The molecule has 168 valence electrons. The summed E-state index contributed by atoms with van der Waals surface area (Å²) in [7, 11) is 0. The lowest BCUT2D eigenvalue weighted by molar-refractivity contribution is -0.137. The van der Waals surface area contributed by atoms with E-state index in [-0.39, 0.29) is 21.4 Å². The second kappa shape index (κ2) is 8.12. The lowest BCUT2D eigenvalue weighted by atomic mass is 9.53. The molecule has 0 aromatic heterocycles. The van der Waals surface area contributed by atoms with Crippen LogP contribution in [0.15, 0.2) is 18.2 Å². The van der Waals surface area contributed by atoms with Crippen molar-refractivity contribution in [2.45, 2.75) is 50.2 Å². The molecule has 4 aliphatic carbocycles. The summed E-state index contributed by atoms with van der Waals surface area (Å²) in [5, 5.41) is 5.50. The van der Waals surface area contributed by atoms with Crippen molar-refractivity contribution in [3.8, 4) is 0 Å². The fraction of sp³-hybridized carbons (Fsp3) is 0.550. The molecule has 31 heavy (non-hydrogen) atoms. The van der Waals surface area contributed by atoms with Crippen molar-refractivity contribution in [2.75, 3.05) is 5.32 Å². The molecule has 11 heteroatoms. The van der Waals surface area contributed by atoms with E-state index in [0.29, 0.717) is 23.8 Å². The van der Waals surface area contributed by atoms with E-state index in [9.17, 15) is 22.8 Å². The number of nitrogens with one attached hydrogen (secondary N) is 4. The summed E-state index contributed by atoms with van der Waals surface area (Å²) >= 11 is 11.1. The summed E-state index contributed by atoms with van der Waals surface area (Å²) in [6, 6.07) is 2.45. The van der Waals surface area contributed by atoms with E-state index in [1.165, 1.54) is 19.3 Å². The third kappa shape index (κ3) is 4.90. The number of anilines is 1. The number of carbonyl (C=O) groups is 2. The van der Waals surface area contributed by atoms with Crippen LogP contribution >= 0.6 is 23.8 Å². The van der Waals surface area contributed by atoms with Gasteiger partial charge in [-0.05, 0) is 86.7 Å². The molecule has 0 spiro atoms. The molecule has 0 unspecified atom stereocenters. The summed E-state index contributed by atoms with van der Waals surface area (Å²) in [5.41, 5.74) is 3.32. The molecule has 4 fully saturated rings. The Labute approximate surface area is 187 Å². The fourth-order valence-corrected chi connectivity index (χ4v) is 6.11. The van der Waals surface area contributed by atoms with E-state index in [1.807, 2.05) is 0 Å². The van der Waals surface area contributed by atoms with Crippen molar-refractivity contribution in [3.05, 3.63) is 28.8 Å². The Hall–Kier alpha value is -2.07. The van der Waals surface area contributed by atoms with Crippen molar-refractivity contribution in [3.63, 3.8) is 0 Å². The van der Waals surface area contributed by atoms with Gasteiger partial charge in [-0.1, -0.05) is 11.6 Å². The van der Waals surface area contributed by atoms with Crippen molar-refractivity contribution in [2.24, 2.45) is 17.8 Å². The average Bonchev–Trinajstić information content (AvgIpc) is 2.65. The highest BCUT2D eigenvalue weighted by Gasteiger charge is 2.51. The first-order valence-electron chi connectivity index (χ1n) is 10.1. The van der Waals surface area contributed by atoms with Crippen molar-refractivity contribution in [1.82, 2.24) is 16.2 Å². The summed E-state index contributed by atoms with van der Waals surface area (Å²) in [4.78, 5) is 24.2. The first kappa shape index (κ1) is 22.1. The largest absolute Gasteiger partial charge is 0.416 e. The van der Waals surface area contributed by atoms with Crippen LogP contribution < -0.4 is 21.5 Å². The second-order valence-electron chi connectivity index (χ2n) is 8.88. The van der Waals surface area contributed by atoms with E-state index in [1.54, 1.807) is 0 Å². The van der Waals surface area contributed by atoms with Gasteiger partial charge in [-0.3, -0.25) is 20.4 Å². The predicted octanol–water partition coefficient (Wildman–Crippen LogP) is 3.76. The minimum Gasteiger partial charge on any atom is -0.356 e. The number of carbonyl (C=O) groups excluding carboxylic acids is 2. The minimum absolute atomic E-state index is 0.0720. The predicted molar refractivity (Wildman–Crippen MR) is 113 cm³/mol. The smallest absolute Gasteiger partial charge is 0.356 e. The third-order valence-electron chi connectivity index (χ3n) is 6.45. The molecule has 0 saturated heterocycles. The molecule has 4 bridgehead atoms. The summed E-state index contributed by atoms with van der Waals surface area (Å²) < 4.78 is 38.5. The monoisotopic (exact) mass is 474 g/mol. The van der Waals surface area contributed by atoms with Crippen LogP contribution in [0.5, 0.6) is 0 Å². The van der Waals surface area contributed by atoms with Gasteiger partial charge in [-0.2, -0.15) is 13.2 Å². The molecule has 0 radical (unpaired) electrons. The van der Waals surface area contributed by atoms with Gasteiger partial charge in [0.05, 0.1) is 16.3 Å². The Bertz CT molecular complexity index is 889. The van der Waals surface area contributed by atoms with Gasteiger partial charge in [0, 0.05) is 5.54 Å². The van der Waals surface area contributed by atoms with Crippen molar-refractivity contribution in [1.29, 1.82) is 0 Å². The van der Waals surface area contributed by atoms with Gasteiger partial charge in [0.15, 0.2) is 5.11 Å². The quantitative estimate of drug-likeness (QED) is 0.298. The Kier molecular flexibility index (Phi) is 5.80. The summed E-state index contributed by atoms with van der Waals surface area (Å²) in [5.74, 6) is -0.160. The zero-order chi connectivity index (χ0) is 22.4. The molecule has 6 nitrogen and oxygen atoms in total. The van der Waals surface area contributed by atoms with Gasteiger partial charge in [0.25, 0.3) is 0 Å². The number of amides is 2. The number of thiocarbonyl (C=S) groups is 1. The van der Waals surface area contributed by atoms with Crippen LogP contribution in [0.2, 0.25) is 5.02 Å². The van der Waals surface area contributed by atoms with Crippen LogP contribution in [0.4, 0.5) is 18.9 Å². The van der Waals surface area contributed by atoms with E-state index in [4.69, 9.17) is 23.8 Å². The number of benzene rings is 1. The molecule has 2 amide bonds. The maximum atomic E-state index is 12.8. The van der Waals surface area contributed by atoms with Crippen molar-refractivity contribution < 1.29 is 22.8 Å². The molecule has 4 N–H and O–H groups in total. The molecule has 5 rings (SSSR count). The average molecular weight is 475 g/mol. The van der Waals surface area contributed by atoms with Gasteiger partial charge in [-0.15, -0.1) is 0 Å². The molecule has 0 atom stereocenters. The number of halogens is 4. The first-order chi connectivity index (χ1) is 14.5. The number of hydrazine groups is 1. The lowest BCUT2D eigenvalue weighted by Gasteiger charge is -2.57. The van der Waals surface area contributed by atoms with Gasteiger partial charge in [0.2, 0.25) is 0 Å². The third-order valence-corrected chi connectivity index (χ3v) is 6.99. The van der Waals surface area contributed by atoms with Crippen LogP contribution in [0.1, 0.15) is 44.1 Å². The van der Waals surface area contributed by atoms with E-state index < -0.39 is 23.6 Å². The maximum absolute atomic E-state index is 12.8. The van der Waals surface area contributed by atoms with Gasteiger partial charge < -0.3 is 10.6 Å². The zero-order valence-electron chi connectivity index (χ0n) is 16.4. The first-order valence-corrected chi connectivity index (χ1v) is 10.9. The van der Waals surface area contributed by atoms with E-state index in [0.717, 1.165) is 31.4 Å². The van der Waals surface area contributed by atoms with Gasteiger partial charge in [-0.25, -0.2) is 0 Å². The van der Waals surface area contributed by atoms with Crippen LogP contribution in [0.25, 0.3) is 0 Å². The lowest BCUT2D eigenvalue weighted by Crippen LogP contribution is -2.63. The van der Waals surface area contributed by atoms with Crippen LogP contribution in [0.3, 0.4) is 0 Å². The molecular formula is C20H22ClF3N4O2S. The Morgan fingerprint density at radius 3 is 2.13 bits per heavy atom. The molecule has 4 saturated carbocycles. The number of rotatable bonds is 2. The van der Waals surface area contributed by atoms with Gasteiger partial charge in [0.1, 0.15) is 0 Å². The van der Waals surface area contributed by atoms with Crippen molar-refractivity contribution >= 4 is 46.4 Å². The molecule has 1 aromatic carbocycles. The highest BCUT2D eigenvalue weighted by Crippen LogP contribution is 2.55. The molecule has 4 aliphatic rings. The fourth-order valence-electron chi connectivity index (χ4n) is 5.68. The number of hydrogen-bond acceptors (Lipinski definition) is 3. The maximum Gasteiger partial charge on any atom is 0.416 e. The molecule has 0 heterocycles. The van der Waals surface area contributed by atoms with Crippen LogP contribution in [-0.4, -0.2) is 22.5 Å². The van der Waals surface area contributed by atoms with E-state index in [2.05, 4.69) is 21.5 Å². The zero-order valence-corrected chi connectivity index (χ0v) is 18.0.